The van der Waals surface area contributed by atoms with E-state index in [2.05, 4.69) is 34.5 Å². The normalized spacial score (nSPS) is 10.7. The van der Waals surface area contributed by atoms with Crippen molar-refractivity contribution in [2.24, 2.45) is 0 Å². The van der Waals surface area contributed by atoms with E-state index in [0.717, 1.165) is 27.8 Å². The first-order valence-corrected chi connectivity index (χ1v) is 11.1. The number of ether oxygens (including phenoxy) is 1. The standard InChI is InChI=1S/C30H22N2O2/c33-30(29(25-12-6-2-7-13-25)26-14-8-3-9-15-26)34-28-21-20-27(31-32-28)24-18-16-23(17-19-24)22-10-4-1-5-11-22/h1-21,29H. The van der Waals surface area contributed by atoms with Crippen molar-refractivity contribution in [1.29, 1.82) is 0 Å². The third-order valence-corrected chi connectivity index (χ3v) is 5.63. The van der Waals surface area contributed by atoms with Crippen molar-refractivity contribution in [3.05, 3.63) is 139 Å². The molecule has 4 heteroatoms. The summed E-state index contributed by atoms with van der Waals surface area (Å²) in [7, 11) is 0. The molecule has 1 heterocycles. The monoisotopic (exact) mass is 442 g/mol. The quantitative estimate of drug-likeness (QED) is 0.280. The molecule has 1 aromatic heterocycles. The van der Waals surface area contributed by atoms with Crippen LogP contribution in [0.1, 0.15) is 17.0 Å². The Morgan fingerprint density at radius 2 is 1.03 bits per heavy atom. The number of hydrogen-bond acceptors (Lipinski definition) is 4. The van der Waals surface area contributed by atoms with Crippen molar-refractivity contribution in [3.63, 3.8) is 0 Å². The number of rotatable bonds is 6. The summed E-state index contributed by atoms with van der Waals surface area (Å²) in [5, 5.41) is 8.43. The lowest BCUT2D eigenvalue weighted by Gasteiger charge is -2.16. The molecule has 0 saturated heterocycles. The second-order valence-electron chi connectivity index (χ2n) is 7.88. The smallest absolute Gasteiger partial charge is 0.324 e. The van der Waals surface area contributed by atoms with Crippen molar-refractivity contribution in [1.82, 2.24) is 10.2 Å². The molecule has 0 saturated carbocycles. The van der Waals surface area contributed by atoms with Gasteiger partial charge in [0.15, 0.2) is 0 Å². The molecule has 0 unspecified atom stereocenters. The van der Waals surface area contributed by atoms with Gasteiger partial charge in [0.1, 0.15) is 5.92 Å². The molecule has 4 aromatic carbocycles. The highest BCUT2D eigenvalue weighted by molar-refractivity contribution is 5.84. The fourth-order valence-electron chi connectivity index (χ4n) is 3.91. The first-order valence-electron chi connectivity index (χ1n) is 11.1. The predicted molar refractivity (Wildman–Crippen MR) is 133 cm³/mol. The second kappa shape index (κ2) is 9.92. The van der Waals surface area contributed by atoms with Crippen molar-refractivity contribution in [2.75, 3.05) is 0 Å². The fraction of sp³-hybridized carbons (Fsp3) is 0.0333. The second-order valence-corrected chi connectivity index (χ2v) is 7.88. The highest BCUT2D eigenvalue weighted by atomic mass is 16.5. The molecule has 0 radical (unpaired) electrons. The maximum Gasteiger partial charge on any atom is 0.324 e. The highest BCUT2D eigenvalue weighted by Gasteiger charge is 2.25. The van der Waals surface area contributed by atoms with Gasteiger partial charge in [0.25, 0.3) is 0 Å². The molecule has 0 aliphatic carbocycles. The molecule has 5 rings (SSSR count). The molecule has 164 valence electrons. The molecular weight excluding hydrogens is 420 g/mol. The Morgan fingerprint density at radius 3 is 1.56 bits per heavy atom. The van der Waals surface area contributed by atoms with Crippen LogP contribution in [0.4, 0.5) is 0 Å². The van der Waals surface area contributed by atoms with Gasteiger partial charge in [0, 0.05) is 11.6 Å². The molecule has 34 heavy (non-hydrogen) atoms. The molecule has 0 bridgehead atoms. The molecular formula is C30H22N2O2. The summed E-state index contributed by atoms with van der Waals surface area (Å²) < 4.78 is 5.64. The van der Waals surface area contributed by atoms with Crippen LogP contribution in [0.5, 0.6) is 5.88 Å². The highest BCUT2D eigenvalue weighted by Crippen LogP contribution is 2.27. The predicted octanol–water partition coefficient (Wildman–Crippen LogP) is 6.55. The number of benzene rings is 4. The van der Waals surface area contributed by atoms with Crippen LogP contribution in [0.15, 0.2) is 127 Å². The summed E-state index contributed by atoms with van der Waals surface area (Å²) >= 11 is 0. The van der Waals surface area contributed by atoms with Gasteiger partial charge in [-0.15, -0.1) is 10.2 Å². The van der Waals surface area contributed by atoms with Gasteiger partial charge in [-0.25, -0.2) is 0 Å². The SMILES string of the molecule is O=C(Oc1ccc(-c2ccc(-c3ccccc3)cc2)nn1)C(c1ccccc1)c1ccccc1. The van der Waals surface area contributed by atoms with Crippen molar-refractivity contribution < 1.29 is 9.53 Å². The van der Waals surface area contributed by atoms with E-state index in [1.54, 1.807) is 6.07 Å². The van der Waals surface area contributed by atoms with Crippen LogP contribution in [0, 0.1) is 0 Å². The number of esters is 1. The molecule has 5 aromatic rings. The molecule has 0 aliphatic rings. The Balaban J connectivity index is 1.34. The van der Waals surface area contributed by atoms with E-state index >= 15 is 0 Å². The summed E-state index contributed by atoms with van der Waals surface area (Å²) in [6.45, 7) is 0. The topological polar surface area (TPSA) is 52.1 Å². The molecule has 0 fully saturated rings. The maximum absolute atomic E-state index is 13.2. The molecule has 0 amide bonds. The van der Waals surface area contributed by atoms with Gasteiger partial charge in [0.2, 0.25) is 5.88 Å². The molecule has 0 spiro atoms. The Bertz CT molecular complexity index is 1310. The molecule has 4 nitrogen and oxygen atoms in total. The van der Waals surface area contributed by atoms with Gasteiger partial charge < -0.3 is 4.74 Å². The van der Waals surface area contributed by atoms with E-state index in [4.69, 9.17) is 4.74 Å². The third kappa shape index (κ3) is 4.76. The number of carbonyl (C=O) groups is 1. The van der Waals surface area contributed by atoms with E-state index in [1.807, 2.05) is 97.1 Å². The Morgan fingerprint density at radius 1 is 0.529 bits per heavy atom. The minimum atomic E-state index is -0.547. The van der Waals surface area contributed by atoms with Crippen LogP contribution >= 0.6 is 0 Å². The zero-order valence-electron chi connectivity index (χ0n) is 18.4. The maximum atomic E-state index is 13.2. The van der Waals surface area contributed by atoms with E-state index < -0.39 is 11.9 Å². The van der Waals surface area contributed by atoms with Crippen LogP contribution in [0.25, 0.3) is 22.4 Å². The van der Waals surface area contributed by atoms with E-state index in [9.17, 15) is 4.79 Å². The minimum absolute atomic E-state index is 0.173. The average Bonchev–Trinajstić information content (AvgIpc) is 2.91. The Labute approximate surface area is 198 Å². The third-order valence-electron chi connectivity index (χ3n) is 5.63. The lowest BCUT2D eigenvalue weighted by molar-refractivity contribution is -0.135. The lowest BCUT2D eigenvalue weighted by atomic mass is 9.91. The van der Waals surface area contributed by atoms with Crippen molar-refractivity contribution >= 4 is 5.97 Å². The van der Waals surface area contributed by atoms with Crippen molar-refractivity contribution in [3.8, 4) is 28.3 Å². The van der Waals surface area contributed by atoms with E-state index in [0.29, 0.717) is 5.69 Å². The minimum Gasteiger partial charge on any atom is -0.405 e. The van der Waals surface area contributed by atoms with Crippen LogP contribution in [0.2, 0.25) is 0 Å². The first-order chi connectivity index (χ1) is 16.8. The average molecular weight is 443 g/mol. The van der Waals surface area contributed by atoms with Gasteiger partial charge in [-0.2, -0.15) is 0 Å². The first kappa shape index (κ1) is 21.3. The van der Waals surface area contributed by atoms with Gasteiger partial charge in [-0.1, -0.05) is 115 Å². The molecule has 0 N–H and O–H groups in total. The van der Waals surface area contributed by atoms with E-state index in [-0.39, 0.29) is 5.88 Å². The van der Waals surface area contributed by atoms with Crippen LogP contribution in [-0.4, -0.2) is 16.2 Å². The summed E-state index contributed by atoms with van der Waals surface area (Å²) in [6, 6.07) is 41.0. The number of aromatic nitrogens is 2. The van der Waals surface area contributed by atoms with Crippen molar-refractivity contribution in [2.45, 2.75) is 5.92 Å². The number of hydrogen-bond donors (Lipinski definition) is 0. The Kier molecular flexibility index (Phi) is 6.21. The Hall–Kier alpha value is -4.57. The zero-order chi connectivity index (χ0) is 23.2. The molecule has 0 aliphatic heterocycles. The van der Waals surface area contributed by atoms with Gasteiger partial charge in [-0.05, 0) is 28.3 Å². The van der Waals surface area contributed by atoms with E-state index in [1.165, 1.54) is 0 Å². The summed E-state index contributed by atoms with van der Waals surface area (Å²) in [5.41, 5.74) is 5.67. The van der Waals surface area contributed by atoms with Crippen LogP contribution < -0.4 is 4.74 Å². The fourth-order valence-corrected chi connectivity index (χ4v) is 3.91. The lowest BCUT2D eigenvalue weighted by Crippen LogP contribution is -2.20. The summed E-state index contributed by atoms with van der Waals surface area (Å²) in [5.74, 6) is -0.771. The largest absolute Gasteiger partial charge is 0.405 e. The van der Waals surface area contributed by atoms with Crippen LogP contribution in [-0.2, 0) is 4.79 Å². The van der Waals surface area contributed by atoms with Gasteiger partial charge in [0.05, 0.1) is 5.69 Å². The number of nitrogens with zero attached hydrogens (tertiary/aromatic N) is 2. The van der Waals surface area contributed by atoms with Gasteiger partial charge in [-0.3, -0.25) is 4.79 Å². The van der Waals surface area contributed by atoms with Crippen LogP contribution in [0.3, 0.4) is 0 Å². The van der Waals surface area contributed by atoms with Gasteiger partial charge >= 0.3 is 5.97 Å². The zero-order valence-corrected chi connectivity index (χ0v) is 18.4. The summed E-state index contributed by atoms with van der Waals surface area (Å²) in [4.78, 5) is 13.2. The molecule has 0 atom stereocenters. The summed E-state index contributed by atoms with van der Waals surface area (Å²) in [6.07, 6.45) is 0. The number of carbonyl (C=O) groups excluding carboxylic acids is 1.